The highest BCUT2D eigenvalue weighted by Gasteiger charge is 2.51. The van der Waals surface area contributed by atoms with Crippen LogP contribution >= 0.6 is 0 Å². The first-order valence-corrected chi connectivity index (χ1v) is 9.47. The number of carbonyl (C=O) groups excluding carboxylic acids is 3. The Hall–Kier alpha value is -2.99. The molecule has 3 N–H and O–H groups in total. The number of hydrogen-bond acceptors (Lipinski definition) is 4. The maximum absolute atomic E-state index is 13.0. The van der Waals surface area contributed by atoms with Crippen molar-refractivity contribution in [3.8, 4) is 0 Å². The van der Waals surface area contributed by atoms with Crippen molar-refractivity contribution < 1.29 is 19.5 Å². The number of aliphatic hydroxyl groups is 1. The minimum Gasteiger partial charge on any atom is -0.375 e. The smallest absolute Gasteiger partial charge is 0.264 e. The van der Waals surface area contributed by atoms with Crippen LogP contribution in [0.4, 0.5) is 5.69 Å². The molecule has 0 spiro atoms. The molecular weight excluding hydrogens is 356 g/mol. The summed E-state index contributed by atoms with van der Waals surface area (Å²) in [4.78, 5) is 38.4. The van der Waals surface area contributed by atoms with Crippen molar-refractivity contribution in [3.05, 3.63) is 64.7 Å². The number of anilines is 1. The molecule has 2 aliphatic rings. The SMILES string of the molecule is NC(=O)CN1C(=O)[C@@](O)(CC(=O)c2ccc3c(c2)CCCC3)c2ccccc21. The van der Waals surface area contributed by atoms with Crippen LogP contribution in [0.1, 0.15) is 46.3 Å². The Bertz CT molecular complexity index is 984. The van der Waals surface area contributed by atoms with Crippen molar-refractivity contribution in [1.29, 1.82) is 0 Å². The van der Waals surface area contributed by atoms with Crippen LogP contribution in [0.2, 0.25) is 0 Å². The van der Waals surface area contributed by atoms with E-state index in [1.807, 2.05) is 12.1 Å². The molecule has 0 saturated heterocycles. The van der Waals surface area contributed by atoms with Crippen LogP contribution in [0.25, 0.3) is 0 Å². The third-order valence-corrected chi connectivity index (χ3v) is 5.64. The predicted octanol–water partition coefficient (Wildman–Crippen LogP) is 1.86. The molecule has 0 saturated carbocycles. The van der Waals surface area contributed by atoms with Gasteiger partial charge in [-0.15, -0.1) is 0 Å². The van der Waals surface area contributed by atoms with E-state index in [1.165, 1.54) is 5.56 Å². The van der Waals surface area contributed by atoms with Crippen LogP contribution < -0.4 is 10.6 Å². The van der Waals surface area contributed by atoms with E-state index in [0.29, 0.717) is 16.8 Å². The van der Waals surface area contributed by atoms with Crippen molar-refractivity contribution >= 4 is 23.3 Å². The highest BCUT2D eigenvalue weighted by molar-refractivity contribution is 6.12. The zero-order valence-electron chi connectivity index (χ0n) is 15.5. The van der Waals surface area contributed by atoms with Gasteiger partial charge in [0, 0.05) is 11.1 Å². The standard InChI is InChI=1S/C22H22N2O4/c23-20(26)13-24-18-8-4-3-7-17(18)22(28,21(24)27)12-19(25)16-10-9-14-5-1-2-6-15(14)11-16/h3-4,7-11,28H,1-2,5-6,12-13H2,(H2,23,26)/t22-/m1/s1. The molecule has 0 bridgehead atoms. The average molecular weight is 378 g/mol. The van der Waals surface area contributed by atoms with Crippen molar-refractivity contribution in [2.45, 2.75) is 37.7 Å². The molecule has 1 atom stereocenters. The van der Waals surface area contributed by atoms with E-state index >= 15 is 0 Å². The third kappa shape index (κ3) is 2.99. The zero-order chi connectivity index (χ0) is 19.9. The molecule has 6 nitrogen and oxygen atoms in total. The van der Waals surface area contributed by atoms with Crippen LogP contribution in [-0.4, -0.2) is 29.2 Å². The van der Waals surface area contributed by atoms with E-state index in [9.17, 15) is 19.5 Å². The van der Waals surface area contributed by atoms with Crippen molar-refractivity contribution in [3.63, 3.8) is 0 Å². The van der Waals surface area contributed by atoms with Crippen LogP contribution in [0.15, 0.2) is 42.5 Å². The number of carbonyl (C=O) groups is 3. The summed E-state index contributed by atoms with van der Waals surface area (Å²) in [5.41, 5.74) is 6.91. The van der Waals surface area contributed by atoms with Crippen molar-refractivity contribution in [1.82, 2.24) is 0 Å². The molecule has 2 aromatic carbocycles. The molecule has 6 heteroatoms. The highest BCUT2D eigenvalue weighted by atomic mass is 16.3. The van der Waals surface area contributed by atoms with Gasteiger partial charge in [0.25, 0.3) is 5.91 Å². The van der Waals surface area contributed by atoms with Gasteiger partial charge >= 0.3 is 0 Å². The van der Waals surface area contributed by atoms with Gasteiger partial charge in [-0.25, -0.2) is 0 Å². The molecule has 28 heavy (non-hydrogen) atoms. The first kappa shape index (κ1) is 18.4. The Morgan fingerprint density at radius 3 is 2.54 bits per heavy atom. The van der Waals surface area contributed by atoms with Gasteiger partial charge in [-0.05, 0) is 48.9 Å². The summed E-state index contributed by atoms with van der Waals surface area (Å²) in [5.74, 6) is -1.69. The molecule has 4 rings (SSSR count). The van der Waals surface area contributed by atoms with Crippen LogP contribution in [0, 0.1) is 0 Å². The summed E-state index contributed by atoms with van der Waals surface area (Å²) in [6.07, 6.45) is 3.83. The second-order valence-corrected chi connectivity index (χ2v) is 7.53. The highest BCUT2D eigenvalue weighted by Crippen LogP contribution is 2.42. The van der Waals surface area contributed by atoms with Crippen molar-refractivity contribution in [2.75, 3.05) is 11.4 Å². The fraction of sp³-hybridized carbons (Fsp3) is 0.318. The topological polar surface area (TPSA) is 101 Å². The molecule has 144 valence electrons. The lowest BCUT2D eigenvalue weighted by molar-refractivity contribution is -0.136. The zero-order valence-corrected chi connectivity index (χ0v) is 15.5. The molecular formula is C22H22N2O4. The number of nitrogens with zero attached hydrogens (tertiary/aromatic N) is 1. The third-order valence-electron chi connectivity index (χ3n) is 5.64. The number of ketones is 1. The van der Waals surface area contributed by atoms with Crippen LogP contribution in [0.5, 0.6) is 0 Å². The number of primary amides is 1. The summed E-state index contributed by atoms with van der Waals surface area (Å²) in [6, 6.07) is 12.3. The molecule has 1 aliphatic heterocycles. The Balaban J connectivity index is 1.66. The molecule has 1 aliphatic carbocycles. The summed E-state index contributed by atoms with van der Waals surface area (Å²) >= 11 is 0. The molecule has 2 amide bonds. The molecule has 0 fully saturated rings. The Morgan fingerprint density at radius 2 is 1.79 bits per heavy atom. The van der Waals surface area contributed by atoms with E-state index in [4.69, 9.17) is 5.73 Å². The van der Waals surface area contributed by atoms with Gasteiger partial charge < -0.3 is 10.8 Å². The number of Topliss-reactive ketones (excluding diaryl/α,β-unsaturated/α-hetero) is 1. The number of amides is 2. The molecule has 0 radical (unpaired) electrons. The fourth-order valence-corrected chi connectivity index (χ4v) is 4.23. The fourth-order valence-electron chi connectivity index (χ4n) is 4.23. The monoisotopic (exact) mass is 378 g/mol. The normalized spacial score (nSPS) is 20.6. The molecule has 2 aromatic rings. The first-order valence-electron chi connectivity index (χ1n) is 9.47. The minimum atomic E-state index is -2.00. The van der Waals surface area contributed by atoms with E-state index < -0.39 is 17.4 Å². The lowest BCUT2D eigenvalue weighted by Crippen LogP contribution is -2.44. The van der Waals surface area contributed by atoms with Gasteiger partial charge in [-0.2, -0.15) is 0 Å². The Morgan fingerprint density at radius 1 is 1.07 bits per heavy atom. The lowest BCUT2D eigenvalue weighted by atomic mass is 9.85. The largest absolute Gasteiger partial charge is 0.375 e. The number of benzene rings is 2. The summed E-state index contributed by atoms with van der Waals surface area (Å²) in [7, 11) is 0. The van der Waals surface area contributed by atoms with E-state index in [-0.39, 0.29) is 18.7 Å². The van der Waals surface area contributed by atoms with E-state index in [1.54, 1.807) is 30.3 Å². The molecule has 0 aromatic heterocycles. The van der Waals surface area contributed by atoms with E-state index in [0.717, 1.165) is 36.1 Å². The van der Waals surface area contributed by atoms with Gasteiger partial charge in [0.1, 0.15) is 6.54 Å². The first-order chi connectivity index (χ1) is 13.4. The maximum Gasteiger partial charge on any atom is 0.264 e. The Kier molecular flexibility index (Phi) is 4.51. The number of nitrogens with two attached hydrogens (primary N) is 1. The minimum absolute atomic E-state index is 0.306. The quantitative estimate of drug-likeness (QED) is 0.776. The van der Waals surface area contributed by atoms with Gasteiger partial charge in [-0.1, -0.05) is 30.3 Å². The number of para-hydroxylation sites is 1. The number of rotatable bonds is 5. The second kappa shape index (κ2) is 6.87. The second-order valence-electron chi connectivity index (χ2n) is 7.53. The van der Waals surface area contributed by atoms with E-state index in [2.05, 4.69) is 0 Å². The van der Waals surface area contributed by atoms with Crippen LogP contribution in [-0.2, 0) is 28.0 Å². The summed E-state index contributed by atoms with van der Waals surface area (Å²) in [6.45, 7) is -0.342. The van der Waals surface area contributed by atoms with Crippen molar-refractivity contribution in [2.24, 2.45) is 5.73 Å². The summed E-state index contributed by atoms with van der Waals surface area (Å²) < 4.78 is 0. The summed E-state index contributed by atoms with van der Waals surface area (Å²) in [5, 5.41) is 11.2. The lowest BCUT2D eigenvalue weighted by Gasteiger charge is -2.22. The van der Waals surface area contributed by atoms with Gasteiger partial charge in [0.2, 0.25) is 5.91 Å². The van der Waals surface area contributed by atoms with Gasteiger partial charge in [0.05, 0.1) is 12.1 Å². The van der Waals surface area contributed by atoms with Crippen LogP contribution in [0.3, 0.4) is 0 Å². The predicted molar refractivity (Wildman–Crippen MR) is 104 cm³/mol. The molecule has 0 unspecified atom stereocenters. The number of aryl methyl sites for hydroxylation is 2. The van der Waals surface area contributed by atoms with Gasteiger partial charge in [-0.3, -0.25) is 19.3 Å². The number of hydrogen-bond donors (Lipinski definition) is 2. The maximum atomic E-state index is 13.0. The number of fused-ring (bicyclic) bond motifs is 2. The molecule has 1 heterocycles. The van der Waals surface area contributed by atoms with Gasteiger partial charge in [0.15, 0.2) is 11.4 Å². The average Bonchev–Trinajstić information content (AvgIpc) is 2.89. The Labute approximate surface area is 163 Å².